The Bertz CT molecular complexity index is 351. The van der Waals surface area contributed by atoms with Gasteiger partial charge in [0.1, 0.15) is 0 Å². The van der Waals surface area contributed by atoms with Gasteiger partial charge in [-0.2, -0.15) is 0 Å². The molecule has 0 aliphatic carbocycles. The van der Waals surface area contributed by atoms with Crippen LogP contribution in [0.5, 0.6) is 0 Å². The molecule has 0 heterocycles. The van der Waals surface area contributed by atoms with Gasteiger partial charge in [0.25, 0.3) is 0 Å². The van der Waals surface area contributed by atoms with E-state index in [2.05, 4.69) is 19.2 Å². The molecule has 0 aromatic heterocycles. The lowest BCUT2D eigenvalue weighted by atomic mass is 9.94. The lowest BCUT2D eigenvalue weighted by molar-refractivity contribution is 0.351. The van der Waals surface area contributed by atoms with Crippen LogP contribution in [0.15, 0.2) is 18.2 Å². The van der Waals surface area contributed by atoms with Crippen LogP contribution in [0.25, 0.3) is 0 Å². The molecular formula is C12H18Cl2N2. The van der Waals surface area contributed by atoms with Gasteiger partial charge in [0.05, 0.1) is 10.0 Å². The first-order valence-corrected chi connectivity index (χ1v) is 6.05. The molecule has 3 N–H and O–H groups in total. The second-order valence-corrected chi connectivity index (χ2v) is 5.53. The fourth-order valence-corrected chi connectivity index (χ4v) is 1.59. The lowest BCUT2D eigenvalue weighted by Crippen LogP contribution is -2.35. The molecular weight excluding hydrogens is 243 g/mol. The van der Waals surface area contributed by atoms with Crippen LogP contribution in [-0.2, 0) is 6.54 Å². The summed E-state index contributed by atoms with van der Waals surface area (Å²) in [5, 5.41) is 4.54. The second kappa shape index (κ2) is 5.87. The van der Waals surface area contributed by atoms with E-state index >= 15 is 0 Å². The van der Waals surface area contributed by atoms with Crippen molar-refractivity contribution in [2.75, 3.05) is 13.1 Å². The number of nitrogens with two attached hydrogens (primary N) is 1. The third-order valence-electron chi connectivity index (χ3n) is 2.47. The fraction of sp³-hybridized carbons (Fsp3) is 0.500. The van der Waals surface area contributed by atoms with Crippen molar-refractivity contribution >= 4 is 23.2 Å². The summed E-state index contributed by atoms with van der Waals surface area (Å²) in [6.45, 7) is 6.59. The topological polar surface area (TPSA) is 38.0 Å². The molecule has 0 bridgehead atoms. The summed E-state index contributed by atoms with van der Waals surface area (Å²) in [6, 6.07) is 5.66. The maximum Gasteiger partial charge on any atom is 0.0595 e. The Morgan fingerprint density at radius 2 is 1.94 bits per heavy atom. The zero-order valence-corrected chi connectivity index (χ0v) is 11.2. The fourth-order valence-electron chi connectivity index (χ4n) is 1.27. The highest BCUT2D eigenvalue weighted by Crippen LogP contribution is 2.22. The van der Waals surface area contributed by atoms with E-state index in [1.165, 1.54) is 0 Å². The number of hydrogen-bond donors (Lipinski definition) is 2. The van der Waals surface area contributed by atoms with Crippen molar-refractivity contribution in [3.05, 3.63) is 33.8 Å². The zero-order chi connectivity index (χ0) is 12.2. The summed E-state index contributed by atoms with van der Waals surface area (Å²) >= 11 is 11.8. The monoisotopic (exact) mass is 260 g/mol. The predicted molar refractivity (Wildman–Crippen MR) is 71.0 cm³/mol. The molecule has 1 aromatic rings. The summed E-state index contributed by atoms with van der Waals surface area (Å²) < 4.78 is 0. The summed E-state index contributed by atoms with van der Waals surface area (Å²) in [5.74, 6) is 0. The van der Waals surface area contributed by atoms with Gasteiger partial charge in [0.2, 0.25) is 0 Å². The third kappa shape index (κ3) is 4.30. The van der Waals surface area contributed by atoms with Gasteiger partial charge in [-0.05, 0) is 29.7 Å². The molecule has 0 saturated heterocycles. The quantitative estimate of drug-likeness (QED) is 0.854. The number of nitrogens with one attached hydrogen (secondary N) is 1. The maximum absolute atomic E-state index is 5.93. The molecule has 90 valence electrons. The Hall–Kier alpha value is -0.280. The van der Waals surface area contributed by atoms with Crippen molar-refractivity contribution in [3.8, 4) is 0 Å². The van der Waals surface area contributed by atoms with E-state index in [1.807, 2.05) is 18.2 Å². The van der Waals surface area contributed by atoms with Crippen molar-refractivity contribution in [3.63, 3.8) is 0 Å². The molecule has 0 aliphatic heterocycles. The molecule has 0 radical (unpaired) electrons. The molecule has 1 aromatic carbocycles. The highest BCUT2D eigenvalue weighted by atomic mass is 35.5. The summed E-state index contributed by atoms with van der Waals surface area (Å²) in [5.41, 5.74) is 6.90. The third-order valence-corrected chi connectivity index (χ3v) is 3.21. The van der Waals surface area contributed by atoms with Crippen molar-refractivity contribution in [1.82, 2.24) is 5.32 Å². The van der Waals surface area contributed by atoms with E-state index in [-0.39, 0.29) is 5.41 Å². The Morgan fingerprint density at radius 3 is 2.50 bits per heavy atom. The minimum absolute atomic E-state index is 0.121. The molecule has 1 rings (SSSR count). The largest absolute Gasteiger partial charge is 0.330 e. The van der Waals surface area contributed by atoms with Gasteiger partial charge in [0.15, 0.2) is 0 Å². The average Bonchev–Trinajstić information content (AvgIpc) is 2.23. The summed E-state index contributed by atoms with van der Waals surface area (Å²) in [6.07, 6.45) is 0. The molecule has 0 aliphatic rings. The highest BCUT2D eigenvalue weighted by molar-refractivity contribution is 6.42. The molecule has 0 atom stereocenters. The first-order valence-electron chi connectivity index (χ1n) is 5.29. The number of halogens is 2. The lowest BCUT2D eigenvalue weighted by Gasteiger charge is -2.22. The van der Waals surface area contributed by atoms with Crippen molar-refractivity contribution < 1.29 is 0 Å². The van der Waals surface area contributed by atoms with Crippen molar-refractivity contribution in [1.29, 1.82) is 0 Å². The maximum atomic E-state index is 5.93. The van der Waals surface area contributed by atoms with Crippen LogP contribution in [0.1, 0.15) is 19.4 Å². The molecule has 4 heteroatoms. The van der Waals surface area contributed by atoms with Gasteiger partial charge in [-0.1, -0.05) is 43.1 Å². The summed E-state index contributed by atoms with van der Waals surface area (Å²) in [4.78, 5) is 0. The first kappa shape index (κ1) is 13.8. The Balaban J connectivity index is 2.46. The van der Waals surface area contributed by atoms with E-state index in [1.54, 1.807) is 0 Å². The Labute approximate surface area is 107 Å². The van der Waals surface area contributed by atoms with Gasteiger partial charge in [-0.15, -0.1) is 0 Å². The van der Waals surface area contributed by atoms with Crippen LogP contribution in [-0.4, -0.2) is 13.1 Å². The van der Waals surface area contributed by atoms with Gasteiger partial charge < -0.3 is 11.1 Å². The number of hydrogen-bond acceptors (Lipinski definition) is 2. The van der Waals surface area contributed by atoms with E-state index in [0.717, 1.165) is 18.7 Å². The minimum Gasteiger partial charge on any atom is -0.330 e. The molecule has 0 fully saturated rings. The summed E-state index contributed by atoms with van der Waals surface area (Å²) in [7, 11) is 0. The van der Waals surface area contributed by atoms with Gasteiger partial charge in [-0.25, -0.2) is 0 Å². The van der Waals surface area contributed by atoms with E-state index in [9.17, 15) is 0 Å². The van der Waals surface area contributed by atoms with E-state index in [0.29, 0.717) is 16.6 Å². The van der Waals surface area contributed by atoms with Crippen LogP contribution >= 0.6 is 23.2 Å². The average molecular weight is 261 g/mol. The van der Waals surface area contributed by atoms with Crippen LogP contribution in [0.2, 0.25) is 10.0 Å². The molecule has 16 heavy (non-hydrogen) atoms. The molecule has 0 saturated carbocycles. The smallest absolute Gasteiger partial charge is 0.0595 e. The van der Waals surface area contributed by atoms with Gasteiger partial charge in [-0.3, -0.25) is 0 Å². The van der Waals surface area contributed by atoms with Gasteiger partial charge in [0, 0.05) is 13.1 Å². The second-order valence-electron chi connectivity index (χ2n) is 4.72. The van der Waals surface area contributed by atoms with E-state index < -0.39 is 0 Å². The first-order chi connectivity index (χ1) is 7.44. The molecule has 0 unspecified atom stereocenters. The SMILES string of the molecule is CC(C)(CN)CNCc1ccc(Cl)c(Cl)c1. The van der Waals surface area contributed by atoms with Crippen LogP contribution in [0.3, 0.4) is 0 Å². The highest BCUT2D eigenvalue weighted by Gasteiger charge is 2.14. The van der Waals surface area contributed by atoms with Crippen LogP contribution < -0.4 is 11.1 Å². The molecule has 0 amide bonds. The Morgan fingerprint density at radius 1 is 1.25 bits per heavy atom. The number of benzene rings is 1. The standard InChI is InChI=1S/C12H18Cl2N2/c1-12(2,7-15)8-16-6-9-3-4-10(13)11(14)5-9/h3-5,16H,6-8,15H2,1-2H3. The predicted octanol–water partition coefficient (Wildman–Crippen LogP) is 3.07. The zero-order valence-electron chi connectivity index (χ0n) is 9.69. The minimum atomic E-state index is 0.121. The Kier molecular flexibility index (Phi) is 5.06. The van der Waals surface area contributed by atoms with Gasteiger partial charge >= 0.3 is 0 Å². The number of rotatable bonds is 5. The molecule has 2 nitrogen and oxygen atoms in total. The van der Waals surface area contributed by atoms with Crippen LogP contribution in [0, 0.1) is 5.41 Å². The molecule has 0 spiro atoms. The van der Waals surface area contributed by atoms with Crippen LogP contribution in [0.4, 0.5) is 0 Å². The van der Waals surface area contributed by atoms with Crippen molar-refractivity contribution in [2.45, 2.75) is 20.4 Å². The van der Waals surface area contributed by atoms with Crippen molar-refractivity contribution in [2.24, 2.45) is 11.1 Å². The van der Waals surface area contributed by atoms with E-state index in [4.69, 9.17) is 28.9 Å². The normalized spacial score (nSPS) is 11.8.